The van der Waals surface area contributed by atoms with Crippen molar-refractivity contribution in [2.45, 2.75) is 25.6 Å². The molecule has 0 fully saturated rings. The van der Waals surface area contributed by atoms with Crippen molar-refractivity contribution in [3.8, 4) is 11.3 Å². The number of halogens is 4. The van der Waals surface area contributed by atoms with Gasteiger partial charge in [0.2, 0.25) is 5.91 Å². The molecule has 0 aliphatic heterocycles. The summed E-state index contributed by atoms with van der Waals surface area (Å²) in [5.74, 6) is -2.07. The lowest BCUT2D eigenvalue weighted by molar-refractivity contribution is -0.141. The standard InChI is InChI=1S/C25H26F4N4O3S/c1-15(17-7-11-21(20(26)13-17)33(4)37(35)36)24(34)30-14-18-8-12-22(25(27,28)29)31-23(18)16-5-9-19(10-6-16)32(2)3/h5-13,15H,14H2,1-4H3,(H,30,34)(H,35,36). The number of amides is 1. The minimum Gasteiger partial charge on any atom is -0.378 e. The third kappa shape index (κ3) is 6.63. The quantitative estimate of drug-likeness (QED) is 0.313. The maximum Gasteiger partial charge on any atom is 0.433 e. The highest BCUT2D eigenvalue weighted by Gasteiger charge is 2.33. The molecule has 0 aliphatic rings. The molecule has 2 unspecified atom stereocenters. The van der Waals surface area contributed by atoms with Crippen molar-refractivity contribution >= 4 is 28.5 Å². The van der Waals surface area contributed by atoms with Crippen LogP contribution in [0, 0.1) is 5.82 Å². The molecule has 1 aromatic heterocycles. The Balaban J connectivity index is 1.84. The Morgan fingerprint density at radius 3 is 2.27 bits per heavy atom. The van der Waals surface area contributed by atoms with E-state index < -0.39 is 40.8 Å². The number of benzene rings is 2. The molecule has 0 spiro atoms. The molecule has 198 valence electrons. The number of hydrogen-bond donors (Lipinski definition) is 2. The van der Waals surface area contributed by atoms with Gasteiger partial charge in [0, 0.05) is 38.9 Å². The van der Waals surface area contributed by atoms with E-state index in [9.17, 15) is 26.6 Å². The van der Waals surface area contributed by atoms with Crippen LogP contribution in [0.15, 0.2) is 54.6 Å². The number of nitrogens with one attached hydrogen (secondary N) is 1. The summed E-state index contributed by atoms with van der Waals surface area (Å²) in [4.78, 5) is 18.5. The second kappa shape index (κ2) is 11.3. The van der Waals surface area contributed by atoms with Gasteiger partial charge in [-0.15, -0.1) is 0 Å². The van der Waals surface area contributed by atoms with E-state index in [2.05, 4.69) is 10.3 Å². The first-order valence-electron chi connectivity index (χ1n) is 11.1. The topological polar surface area (TPSA) is 85.8 Å². The highest BCUT2D eigenvalue weighted by Crippen LogP contribution is 2.32. The summed E-state index contributed by atoms with van der Waals surface area (Å²) in [6, 6.07) is 12.8. The molecule has 12 heteroatoms. The highest BCUT2D eigenvalue weighted by atomic mass is 32.2. The summed E-state index contributed by atoms with van der Waals surface area (Å²) >= 11 is -2.42. The number of anilines is 2. The van der Waals surface area contributed by atoms with Crippen LogP contribution in [0.3, 0.4) is 0 Å². The van der Waals surface area contributed by atoms with Gasteiger partial charge in [-0.25, -0.2) is 13.6 Å². The van der Waals surface area contributed by atoms with Crippen molar-refractivity contribution in [2.24, 2.45) is 0 Å². The maximum atomic E-state index is 14.5. The van der Waals surface area contributed by atoms with E-state index in [1.54, 1.807) is 31.2 Å². The first-order valence-corrected chi connectivity index (χ1v) is 12.1. The van der Waals surface area contributed by atoms with Gasteiger partial charge in [0.05, 0.1) is 17.3 Å². The third-order valence-corrected chi connectivity index (χ3v) is 6.48. The SMILES string of the molecule is CC(C(=O)NCc1ccc(C(F)(F)F)nc1-c1ccc(N(C)C)cc1)c1ccc(N(C)S(=O)O)c(F)c1. The van der Waals surface area contributed by atoms with Crippen LogP contribution in [0.25, 0.3) is 11.3 Å². The Hall–Kier alpha value is -3.51. The van der Waals surface area contributed by atoms with Crippen molar-refractivity contribution in [1.82, 2.24) is 10.3 Å². The van der Waals surface area contributed by atoms with Gasteiger partial charge in [0.1, 0.15) is 11.5 Å². The molecule has 3 aromatic rings. The van der Waals surface area contributed by atoms with E-state index in [1.165, 1.54) is 25.2 Å². The van der Waals surface area contributed by atoms with Crippen LogP contribution >= 0.6 is 0 Å². The molecule has 2 atom stereocenters. The number of carbonyl (C=O) groups is 1. The smallest absolute Gasteiger partial charge is 0.378 e. The molecule has 2 aromatic carbocycles. The summed E-state index contributed by atoms with van der Waals surface area (Å²) < 4.78 is 75.7. The minimum atomic E-state index is -4.64. The second-order valence-corrected chi connectivity index (χ2v) is 9.53. The molecular formula is C25H26F4N4O3S. The molecule has 0 saturated carbocycles. The number of aromatic nitrogens is 1. The van der Waals surface area contributed by atoms with Crippen LogP contribution in [0.5, 0.6) is 0 Å². The van der Waals surface area contributed by atoms with Crippen molar-refractivity contribution in [3.05, 3.63) is 77.2 Å². The van der Waals surface area contributed by atoms with Crippen LogP contribution < -0.4 is 14.5 Å². The number of pyridine rings is 1. The van der Waals surface area contributed by atoms with E-state index in [0.717, 1.165) is 22.1 Å². The van der Waals surface area contributed by atoms with Crippen LogP contribution in [0.2, 0.25) is 0 Å². The fraction of sp³-hybridized carbons (Fsp3) is 0.280. The molecule has 0 bridgehead atoms. The molecule has 0 aliphatic carbocycles. The summed E-state index contributed by atoms with van der Waals surface area (Å²) in [7, 11) is 4.92. The minimum absolute atomic E-state index is 0.0866. The van der Waals surface area contributed by atoms with Crippen LogP contribution in [-0.2, 0) is 28.8 Å². The summed E-state index contributed by atoms with van der Waals surface area (Å²) in [6.07, 6.45) is -4.64. The van der Waals surface area contributed by atoms with Gasteiger partial charge < -0.3 is 10.2 Å². The lowest BCUT2D eigenvalue weighted by Crippen LogP contribution is -2.28. The number of alkyl halides is 3. The van der Waals surface area contributed by atoms with Crippen LogP contribution in [0.1, 0.15) is 29.7 Å². The third-order valence-electron chi connectivity index (χ3n) is 5.82. The predicted molar refractivity (Wildman–Crippen MR) is 135 cm³/mol. The Morgan fingerprint density at radius 1 is 1.08 bits per heavy atom. The molecule has 1 heterocycles. The van der Waals surface area contributed by atoms with Crippen molar-refractivity contribution < 1.29 is 31.1 Å². The number of hydrogen-bond acceptors (Lipinski definition) is 4. The van der Waals surface area contributed by atoms with E-state index >= 15 is 0 Å². The summed E-state index contributed by atoms with van der Waals surface area (Å²) in [5.41, 5.74) is 0.931. The number of carbonyl (C=O) groups excluding carboxylic acids is 1. The van der Waals surface area contributed by atoms with Gasteiger partial charge in [0.25, 0.3) is 11.3 Å². The van der Waals surface area contributed by atoms with Crippen molar-refractivity contribution in [3.63, 3.8) is 0 Å². The Morgan fingerprint density at radius 2 is 1.73 bits per heavy atom. The summed E-state index contributed by atoms with van der Waals surface area (Å²) in [6.45, 7) is 1.44. The maximum absolute atomic E-state index is 14.5. The lowest BCUT2D eigenvalue weighted by atomic mass is 9.99. The number of nitrogens with zero attached hydrogens (tertiary/aromatic N) is 3. The van der Waals surface area contributed by atoms with Crippen LogP contribution in [-0.4, -0.2) is 40.8 Å². The Bertz CT molecular complexity index is 1300. The second-order valence-electron chi connectivity index (χ2n) is 8.52. The Labute approximate surface area is 214 Å². The molecule has 3 rings (SSSR count). The van der Waals surface area contributed by atoms with Crippen molar-refractivity contribution in [2.75, 3.05) is 30.3 Å². The zero-order valence-corrected chi connectivity index (χ0v) is 21.3. The predicted octanol–water partition coefficient (Wildman–Crippen LogP) is 4.97. The van der Waals surface area contributed by atoms with Gasteiger partial charge in [-0.2, -0.15) is 13.2 Å². The van der Waals surface area contributed by atoms with E-state index in [1.807, 2.05) is 19.0 Å². The largest absolute Gasteiger partial charge is 0.433 e. The van der Waals surface area contributed by atoms with Gasteiger partial charge >= 0.3 is 6.18 Å². The fourth-order valence-corrected chi connectivity index (χ4v) is 3.89. The summed E-state index contributed by atoms with van der Waals surface area (Å²) in [5, 5.41) is 2.68. The fourth-order valence-electron chi connectivity index (χ4n) is 3.57. The lowest BCUT2D eigenvalue weighted by Gasteiger charge is -2.18. The van der Waals surface area contributed by atoms with Crippen LogP contribution in [0.4, 0.5) is 28.9 Å². The zero-order chi connectivity index (χ0) is 27.5. The van der Waals surface area contributed by atoms with Gasteiger partial charge in [-0.1, -0.05) is 24.3 Å². The van der Waals surface area contributed by atoms with Crippen molar-refractivity contribution in [1.29, 1.82) is 0 Å². The molecule has 0 saturated heterocycles. The molecule has 37 heavy (non-hydrogen) atoms. The monoisotopic (exact) mass is 538 g/mol. The molecule has 0 radical (unpaired) electrons. The number of rotatable bonds is 8. The van der Waals surface area contributed by atoms with E-state index in [-0.39, 0.29) is 17.9 Å². The highest BCUT2D eigenvalue weighted by molar-refractivity contribution is 7.80. The average Bonchev–Trinajstić information content (AvgIpc) is 2.85. The first-order chi connectivity index (χ1) is 17.3. The molecule has 7 nitrogen and oxygen atoms in total. The van der Waals surface area contributed by atoms with Gasteiger partial charge in [-0.05, 0) is 48.4 Å². The normalized spacial score (nSPS) is 13.1. The molecule has 2 N–H and O–H groups in total. The van der Waals surface area contributed by atoms with E-state index in [4.69, 9.17) is 4.55 Å². The Kier molecular flexibility index (Phi) is 8.54. The first kappa shape index (κ1) is 28.1. The van der Waals surface area contributed by atoms with E-state index in [0.29, 0.717) is 16.7 Å². The zero-order valence-electron chi connectivity index (χ0n) is 20.5. The molecular weight excluding hydrogens is 512 g/mol. The average molecular weight is 539 g/mol. The van der Waals surface area contributed by atoms with Gasteiger partial charge in [-0.3, -0.25) is 13.7 Å². The van der Waals surface area contributed by atoms with Gasteiger partial charge in [0.15, 0.2) is 0 Å². The molecule has 1 amide bonds.